The Morgan fingerprint density at radius 3 is 2.47 bits per heavy atom. The monoisotopic (exact) mass is 339 g/mol. The maximum atomic E-state index is 11.8. The van der Waals surface area contributed by atoms with Gasteiger partial charge in [0.25, 0.3) is 0 Å². The quantitative estimate of drug-likeness (QED) is 0.712. The number of amides is 2. The lowest BCUT2D eigenvalue weighted by Gasteiger charge is -2.09. The molecule has 0 aliphatic heterocycles. The fourth-order valence-electron chi connectivity index (χ4n) is 1.44. The molecule has 0 spiro atoms. The van der Waals surface area contributed by atoms with E-state index in [4.69, 9.17) is 17.3 Å². The summed E-state index contributed by atoms with van der Waals surface area (Å²) >= 11 is 9.30. The number of carbonyl (C=O) groups is 1. The molecular weight excluding hydrogens is 330 g/mol. The first-order valence-corrected chi connectivity index (χ1v) is 6.60. The number of nitrogens with one attached hydrogen (secondary N) is 2. The molecule has 4 N–H and O–H groups in total. The summed E-state index contributed by atoms with van der Waals surface area (Å²) in [6.45, 7) is 0. The van der Waals surface area contributed by atoms with E-state index in [0.717, 1.165) is 4.47 Å². The molecule has 0 aromatic heterocycles. The van der Waals surface area contributed by atoms with Gasteiger partial charge in [-0.25, -0.2) is 4.79 Å². The molecule has 2 rings (SSSR count). The van der Waals surface area contributed by atoms with Gasteiger partial charge in [0, 0.05) is 15.8 Å². The lowest BCUT2D eigenvalue weighted by Crippen LogP contribution is -2.19. The fraction of sp³-hybridized carbons (Fsp3) is 0. The van der Waals surface area contributed by atoms with Crippen molar-refractivity contribution in [2.24, 2.45) is 0 Å². The zero-order valence-electron chi connectivity index (χ0n) is 9.78. The van der Waals surface area contributed by atoms with Crippen LogP contribution in [0.5, 0.6) is 0 Å². The van der Waals surface area contributed by atoms with Gasteiger partial charge in [-0.3, -0.25) is 0 Å². The number of nitrogen functional groups attached to an aromatic ring is 1. The number of rotatable bonds is 2. The number of halogens is 2. The van der Waals surface area contributed by atoms with Gasteiger partial charge >= 0.3 is 6.03 Å². The molecule has 0 atom stereocenters. The molecule has 2 aromatic rings. The van der Waals surface area contributed by atoms with Crippen LogP contribution in [0.3, 0.4) is 0 Å². The van der Waals surface area contributed by atoms with Gasteiger partial charge in [-0.1, -0.05) is 27.5 Å². The zero-order valence-corrected chi connectivity index (χ0v) is 12.1. The molecule has 0 bridgehead atoms. The van der Waals surface area contributed by atoms with E-state index >= 15 is 0 Å². The second kappa shape index (κ2) is 5.95. The summed E-state index contributed by atoms with van der Waals surface area (Å²) in [5.41, 5.74) is 7.39. The molecule has 0 unspecified atom stereocenters. The Bertz CT molecular complexity index is 601. The fourth-order valence-corrected chi connectivity index (χ4v) is 1.97. The number of hydrogen-bond donors (Lipinski definition) is 3. The molecule has 2 amide bonds. The first kappa shape index (κ1) is 13.7. The first-order chi connectivity index (χ1) is 9.04. The Balaban J connectivity index is 2.05. The highest BCUT2D eigenvalue weighted by molar-refractivity contribution is 9.10. The molecule has 98 valence electrons. The van der Waals surface area contributed by atoms with Crippen molar-refractivity contribution in [3.05, 3.63) is 52.0 Å². The Hall–Kier alpha value is -1.72. The summed E-state index contributed by atoms with van der Waals surface area (Å²) in [6.07, 6.45) is 0. The molecule has 0 radical (unpaired) electrons. The third kappa shape index (κ3) is 3.87. The summed E-state index contributed by atoms with van der Waals surface area (Å²) in [6, 6.07) is 11.7. The predicted molar refractivity (Wildman–Crippen MR) is 82.6 cm³/mol. The molecule has 0 saturated carbocycles. The summed E-state index contributed by atoms with van der Waals surface area (Å²) in [4.78, 5) is 11.8. The summed E-state index contributed by atoms with van der Waals surface area (Å²) in [7, 11) is 0. The molecule has 19 heavy (non-hydrogen) atoms. The molecule has 0 saturated heterocycles. The molecule has 6 heteroatoms. The van der Waals surface area contributed by atoms with Crippen molar-refractivity contribution in [3.63, 3.8) is 0 Å². The third-order valence-electron chi connectivity index (χ3n) is 2.35. The number of anilines is 3. The number of carbonyl (C=O) groups excluding carboxylic acids is 1. The second-order valence-corrected chi connectivity index (χ2v) is 5.15. The van der Waals surface area contributed by atoms with Crippen LogP contribution >= 0.6 is 27.5 Å². The first-order valence-electron chi connectivity index (χ1n) is 5.43. The van der Waals surface area contributed by atoms with E-state index in [9.17, 15) is 4.79 Å². The van der Waals surface area contributed by atoms with Gasteiger partial charge in [-0.15, -0.1) is 0 Å². The minimum absolute atomic E-state index is 0.371. The van der Waals surface area contributed by atoms with Crippen LogP contribution in [0.1, 0.15) is 0 Å². The van der Waals surface area contributed by atoms with Crippen LogP contribution in [0, 0.1) is 0 Å². The highest BCUT2D eigenvalue weighted by atomic mass is 79.9. The largest absolute Gasteiger partial charge is 0.399 e. The summed E-state index contributed by atoms with van der Waals surface area (Å²) in [5, 5.41) is 5.82. The van der Waals surface area contributed by atoms with Crippen molar-refractivity contribution >= 4 is 50.6 Å². The van der Waals surface area contributed by atoms with Crippen LogP contribution in [0.4, 0.5) is 21.9 Å². The van der Waals surface area contributed by atoms with Gasteiger partial charge in [0.1, 0.15) is 0 Å². The van der Waals surface area contributed by atoms with E-state index in [1.54, 1.807) is 42.5 Å². The molecule has 0 aliphatic carbocycles. The maximum Gasteiger partial charge on any atom is 0.323 e. The van der Waals surface area contributed by atoms with Gasteiger partial charge in [-0.2, -0.15) is 0 Å². The SMILES string of the molecule is Nc1ccc(NC(=O)Nc2cc(Br)ccc2Cl)cc1. The van der Waals surface area contributed by atoms with Gasteiger partial charge in [-0.05, 0) is 42.5 Å². The van der Waals surface area contributed by atoms with Gasteiger partial charge in [0.05, 0.1) is 10.7 Å². The van der Waals surface area contributed by atoms with Crippen molar-refractivity contribution in [3.8, 4) is 0 Å². The van der Waals surface area contributed by atoms with E-state index in [-0.39, 0.29) is 6.03 Å². The molecular formula is C13H11BrClN3O. The van der Waals surface area contributed by atoms with E-state index < -0.39 is 0 Å². The van der Waals surface area contributed by atoms with Crippen molar-refractivity contribution < 1.29 is 4.79 Å². The van der Waals surface area contributed by atoms with Crippen LogP contribution in [0.2, 0.25) is 5.02 Å². The Labute approximate surface area is 124 Å². The van der Waals surface area contributed by atoms with E-state index in [1.807, 2.05) is 0 Å². The lowest BCUT2D eigenvalue weighted by molar-refractivity contribution is 0.262. The Kier molecular flexibility index (Phi) is 4.29. The van der Waals surface area contributed by atoms with Crippen molar-refractivity contribution in [2.75, 3.05) is 16.4 Å². The summed E-state index contributed by atoms with van der Waals surface area (Å²) < 4.78 is 0.833. The van der Waals surface area contributed by atoms with Gasteiger partial charge in [0.2, 0.25) is 0 Å². The predicted octanol–water partition coefficient (Wildman–Crippen LogP) is 4.33. The smallest absolute Gasteiger partial charge is 0.323 e. The van der Waals surface area contributed by atoms with Gasteiger partial charge < -0.3 is 16.4 Å². The van der Waals surface area contributed by atoms with Crippen LogP contribution in [0.25, 0.3) is 0 Å². The maximum absolute atomic E-state index is 11.8. The molecule has 4 nitrogen and oxygen atoms in total. The van der Waals surface area contributed by atoms with E-state index in [1.165, 1.54) is 0 Å². The van der Waals surface area contributed by atoms with Crippen LogP contribution < -0.4 is 16.4 Å². The highest BCUT2D eigenvalue weighted by Crippen LogP contribution is 2.25. The Morgan fingerprint density at radius 1 is 1.11 bits per heavy atom. The second-order valence-electron chi connectivity index (χ2n) is 3.83. The average molecular weight is 341 g/mol. The van der Waals surface area contributed by atoms with E-state index in [0.29, 0.717) is 22.1 Å². The number of nitrogens with two attached hydrogens (primary N) is 1. The van der Waals surface area contributed by atoms with Crippen molar-refractivity contribution in [1.29, 1.82) is 0 Å². The van der Waals surface area contributed by atoms with Crippen molar-refractivity contribution in [1.82, 2.24) is 0 Å². The molecule has 2 aromatic carbocycles. The molecule has 0 fully saturated rings. The van der Waals surface area contributed by atoms with E-state index in [2.05, 4.69) is 26.6 Å². The average Bonchev–Trinajstić information content (AvgIpc) is 2.37. The number of urea groups is 1. The lowest BCUT2D eigenvalue weighted by atomic mass is 10.3. The van der Waals surface area contributed by atoms with Gasteiger partial charge in [0.15, 0.2) is 0 Å². The third-order valence-corrected chi connectivity index (χ3v) is 3.17. The normalized spacial score (nSPS) is 10.0. The summed E-state index contributed by atoms with van der Waals surface area (Å²) in [5.74, 6) is 0. The minimum atomic E-state index is -0.371. The molecule has 0 heterocycles. The number of hydrogen-bond acceptors (Lipinski definition) is 2. The minimum Gasteiger partial charge on any atom is -0.399 e. The zero-order chi connectivity index (χ0) is 13.8. The molecule has 0 aliphatic rings. The van der Waals surface area contributed by atoms with Crippen LogP contribution in [0.15, 0.2) is 46.9 Å². The van der Waals surface area contributed by atoms with Crippen molar-refractivity contribution in [2.45, 2.75) is 0 Å². The van der Waals surface area contributed by atoms with Crippen LogP contribution in [-0.4, -0.2) is 6.03 Å². The standard InChI is InChI=1S/C13H11BrClN3O/c14-8-1-6-11(15)12(7-8)18-13(19)17-10-4-2-9(16)3-5-10/h1-7H,16H2,(H2,17,18,19). The Morgan fingerprint density at radius 2 is 1.79 bits per heavy atom. The highest BCUT2D eigenvalue weighted by Gasteiger charge is 2.06. The topological polar surface area (TPSA) is 67.1 Å². The number of benzene rings is 2. The van der Waals surface area contributed by atoms with Crippen LogP contribution in [-0.2, 0) is 0 Å².